The molecule has 0 spiro atoms. The number of hydrogen-bond acceptors (Lipinski definition) is 2. The summed E-state index contributed by atoms with van der Waals surface area (Å²) in [6.07, 6.45) is 0.565. The molecule has 14 heavy (non-hydrogen) atoms. The summed E-state index contributed by atoms with van der Waals surface area (Å²) in [6.45, 7) is 0. The van der Waals surface area contributed by atoms with Crippen LogP contribution in [-0.4, -0.2) is 9.97 Å². The van der Waals surface area contributed by atoms with E-state index in [0.29, 0.717) is 18.0 Å². The third-order valence-corrected chi connectivity index (χ3v) is 2.10. The minimum absolute atomic E-state index is 0.440. The highest BCUT2D eigenvalue weighted by Crippen LogP contribution is 2.32. The largest absolute Gasteiger partial charge is 0.451 e. The van der Waals surface area contributed by atoms with E-state index in [2.05, 4.69) is 16.2 Å². The smallest absolute Gasteiger partial charge is 0.229 e. The molecular weight excluding hydrogens is 193 g/mol. The highest BCUT2D eigenvalue weighted by atomic mass is 19.4. The number of hydrogen-bond donors (Lipinski definition) is 0. The van der Waals surface area contributed by atoms with Gasteiger partial charge in [0.05, 0.1) is 6.20 Å². The fraction of sp³-hybridized carbons (Fsp3) is 0.556. The third kappa shape index (κ3) is 2.21. The molecule has 1 heterocycles. The van der Waals surface area contributed by atoms with Gasteiger partial charge in [0.25, 0.3) is 0 Å². The maximum atomic E-state index is 12.2. The Balaban J connectivity index is 2.17. The first-order valence-electron chi connectivity index (χ1n) is 4.37. The topological polar surface area (TPSA) is 25.8 Å². The summed E-state index contributed by atoms with van der Waals surface area (Å²) in [5.41, 5.74) is 0.440. The monoisotopic (exact) mass is 201 g/mol. The lowest BCUT2D eigenvalue weighted by atomic mass is 10.2. The van der Waals surface area contributed by atoms with E-state index < -0.39 is 12.0 Å². The maximum Gasteiger partial charge on any atom is 0.451 e. The van der Waals surface area contributed by atoms with Gasteiger partial charge in [-0.1, -0.05) is 0 Å². The molecule has 1 aliphatic carbocycles. The van der Waals surface area contributed by atoms with Crippen LogP contribution in [0, 0.1) is 12.1 Å². The average Bonchev–Trinajstić information content (AvgIpc) is 2.87. The van der Waals surface area contributed by atoms with Crippen molar-refractivity contribution in [1.29, 1.82) is 0 Å². The van der Waals surface area contributed by atoms with Crippen LogP contribution < -0.4 is 0 Å². The van der Waals surface area contributed by atoms with Gasteiger partial charge in [0, 0.05) is 5.69 Å². The van der Waals surface area contributed by atoms with E-state index >= 15 is 0 Å². The SMILES string of the molecule is FC(F)(F)c1n[c]cc(CC2CC2)n1. The molecule has 75 valence electrons. The summed E-state index contributed by atoms with van der Waals surface area (Å²) < 4.78 is 36.5. The molecule has 0 unspecified atom stereocenters. The molecule has 1 aromatic heterocycles. The zero-order valence-electron chi connectivity index (χ0n) is 7.30. The Morgan fingerprint density at radius 3 is 2.71 bits per heavy atom. The first kappa shape index (κ1) is 9.43. The molecule has 0 atom stereocenters. The second kappa shape index (κ2) is 3.22. The van der Waals surface area contributed by atoms with E-state index in [4.69, 9.17) is 0 Å². The van der Waals surface area contributed by atoms with E-state index in [1.54, 1.807) is 0 Å². The minimum atomic E-state index is -4.46. The molecule has 0 saturated heterocycles. The van der Waals surface area contributed by atoms with Crippen LogP contribution in [0.25, 0.3) is 0 Å². The zero-order valence-corrected chi connectivity index (χ0v) is 7.30. The van der Waals surface area contributed by atoms with Crippen molar-refractivity contribution in [2.45, 2.75) is 25.4 Å². The standard InChI is InChI=1S/C9H8F3N2/c10-9(11,12)8-13-4-3-7(14-8)5-6-1-2-6/h3,6H,1-2,5H2. The van der Waals surface area contributed by atoms with E-state index in [1.165, 1.54) is 6.07 Å². The Morgan fingerprint density at radius 1 is 1.43 bits per heavy atom. The summed E-state index contributed by atoms with van der Waals surface area (Å²) in [5.74, 6) is -0.574. The molecule has 0 bridgehead atoms. The molecule has 1 saturated carbocycles. The van der Waals surface area contributed by atoms with Gasteiger partial charge >= 0.3 is 6.18 Å². The molecule has 0 aliphatic heterocycles. The van der Waals surface area contributed by atoms with Gasteiger partial charge in [0.2, 0.25) is 5.82 Å². The molecule has 1 radical (unpaired) electrons. The molecule has 1 fully saturated rings. The Morgan fingerprint density at radius 2 is 2.14 bits per heavy atom. The molecule has 0 amide bonds. The van der Waals surface area contributed by atoms with Crippen LogP contribution in [0.15, 0.2) is 6.07 Å². The predicted octanol–water partition coefficient (Wildman–Crippen LogP) is 2.25. The highest BCUT2D eigenvalue weighted by Gasteiger charge is 2.35. The van der Waals surface area contributed by atoms with Crippen LogP contribution >= 0.6 is 0 Å². The van der Waals surface area contributed by atoms with Crippen molar-refractivity contribution < 1.29 is 13.2 Å². The van der Waals surface area contributed by atoms with Gasteiger partial charge in [0.15, 0.2) is 0 Å². The number of aromatic nitrogens is 2. The average molecular weight is 201 g/mol. The Kier molecular flexibility index (Phi) is 2.17. The van der Waals surface area contributed by atoms with E-state index in [9.17, 15) is 13.2 Å². The van der Waals surface area contributed by atoms with Gasteiger partial charge in [-0.25, -0.2) is 9.97 Å². The minimum Gasteiger partial charge on any atom is -0.229 e. The first-order chi connectivity index (χ1) is 6.55. The Bertz CT molecular complexity index is 331. The summed E-state index contributed by atoms with van der Waals surface area (Å²) in [5, 5.41) is 0. The quantitative estimate of drug-likeness (QED) is 0.733. The number of alkyl halides is 3. The third-order valence-electron chi connectivity index (χ3n) is 2.10. The number of nitrogens with zero attached hydrogens (tertiary/aromatic N) is 2. The molecule has 0 N–H and O–H groups in total. The summed E-state index contributed by atoms with van der Waals surface area (Å²) in [4.78, 5) is 6.53. The second-order valence-corrected chi connectivity index (χ2v) is 3.46. The summed E-state index contributed by atoms with van der Waals surface area (Å²) >= 11 is 0. The Labute approximate surface area is 79.2 Å². The second-order valence-electron chi connectivity index (χ2n) is 3.46. The Hall–Kier alpha value is -1.13. The van der Waals surface area contributed by atoms with E-state index in [-0.39, 0.29) is 0 Å². The van der Waals surface area contributed by atoms with Crippen molar-refractivity contribution in [2.24, 2.45) is 5.92 Å². The van der Waals surface area contributed by atoms with Gasteiger partial charge in [-0.2, -0.15) is 13.2 Å². The van der Waals surface area contributed by atoms with Crippen LogP contribution in [0.5, 0.6) is 0 Å². The molecule has 1 aliphatic rings. The van der Waals surface area contributed by atoms with Crippen molar-refractivity contribution in [2.75, 3.05) is 0 Å². The van der Waals surface area contributed by atoms with Crippen LogP contribution in [0.2, 0.25) is 0 Å². The van der Waals surface area contributed by atoms with Crippen LogP contribution in [0.1, 0.15) is 24.4 Å². The first-order valence-corrected chi connectivity index (χ1v) is 4.37. The van der Waals surface area contributed by atoms with Crippen molar-refractivity contribution in [1.82, 2.24) is 9.97 Å². The summed E-state index contributed by atoms with van der Waals surface area (Å²) in [7, 11) is 0. The lowest BCUT2D eigenvalue weighted by molar-refractivity contribution is -0.145. The molecule has 2 nitrogen and oxygen atoms in total. The highest BCUT2D eigenvalue weighted by molar-refractivity contribution is 5.05. The number of halogens is 3. The van der Waals surface area contributed by atoms with Crippen molar-refractivity contribution >= 4 is 0 Å². The molecule has 0 aromatic carbocycles. The normalized spacial score (nSPS) is 17.1. The zero-order chi connectivity index (χ0) is 10.2. The fourth-order valence-corrected chi connectivity index (χ4v) is 1.21. The van der Waals surface area contributed by atoms with Crippen molar-refractivity contribution in [3.05, 3.63) is 23.8 Å². The van der Waals surface area contributed by atoms with E-state index in [0.717, 1.165) is 12.8 Å². The van der Waals surface area contributed by atoms with Gasteiger partial charge in [-0.05, 0) is 31.2 Å². The van der Waals surface area contributed by atoms with Crippen molar-refractivity contribution in [3.63, 3.8) is 0 Å². The van der Waals surface area contributed by atoms with Crippen LogP contribution in [0.3, 0.4) is 0 Å². The lowest BCUT2D eigenvalue weighted by Crippen LogP contribution is -2.12. The molecule has 1 aromatic rings. The van der Waals surface area contributed by atoms with E-state index in [1.807, 2.05) is 0 Å². The maximum absolute atomic E-state index is 12.2. The molecular formula is C9H8F3N2. The predicted molar refractivity (Wildman–Crippen MR) is 42.3 cm³/mol. The van der Waals surface area contributed by atoms with Gasteiger partial charge in [-0.3, -0.25) is 0 Å². The molecule has 2 rings (SSSR count). The fourth-order valence-electron chi connectivity index (χ4n) is 1.21. The number of rotatable bonds is 2. The van der Waals surface area contributed by atoms with Crippen LogP contribution in [-0.2, 0) is 12.6 Å². The van der Waals surface area contributed by atoms with Gasteiger partial charge < -0.3 is 0 Å². The van der Waals surface area contributed by atoms with Crippen LogP contribution in [0.4, 0.5) is 13.2 Å². The summed E-state index contributed by atoms with van der Waals surface area (Å²) in [6, 6.07) is 1.42. The van der Waals surface area contributed by atoms with Gasteiger partial charge in [0.1, 0.15) is 0 Å². The van der Waals surface area contributed by atoms with Gasteiger partial charge in [-0.15, -0.1) is 0 Å². The van der Waals surface area contributed by atoms with Crippen molar-refractivity contribution in [3.8, 4) is 0 Å². The molecule has 5 heteroatoms. The lowest BCUT2D eigenvalue weighted by Gasteiger charge is -2.05.